The van der Waals surface area contributed by atoms with Crippen molar-refractivity contribution in [2.45, 2.75) is 46.0 Å². The molecule has 1 rings (SSSR count). The van der Waals surface area contributed by atoms with Gasteiger partial charge in [-0.2, -0.15) is 0 Å². The largest absolute Gasteiger partial charge is 0.478 e. The third-order valence-corrected chi connectivity index (χ3v) is 3.90. The number of benzene rings is 1. The van der Waals surface area contributed by atoms with Crippen molar-refractivity contribution in [3.8, 4) is 0 Å². The number of aromatic carboxylic acids is 1. The minimum absolute atomic E-state index is 0.450. The van der Waals surface area contributed by atoms with Crippen LogP contribution in [-0.4, -0.2) is 25.2 Å². The van der Waals surface area contributed by atoms with Gasteiger partial charge in [-0.15, -0.1) is 0 Å². The second kappa shape index (κ2) is 7.93. The molecule has 0 heterocycles. The monoisotopic (exact) mass is 277 g/mol. The van der Waals surface area contributed by atoms with Gasteiger partial charge in [0, 0.05) is 19.8 Å². The lowest BCUT2D eigenvalue weighted by Crippen LogP contribution is -2.16. The Balaban J connectivity index is 3.09. The summed E-state index contributed by atoms with van der Waals surface area (Å²) in [7, 11) is 3.94. The minimum atomic E-state index is -0.825. The van der Waals surface area contributed by atoms with Gasteiger partial charge in [0.25, 0.3) is 0 Å². The Morgan fingerprint density at radius 1 is 1.30 bits per heavy atom. The molecular weight excluding hydrogens is 250 g/mol. The highest BCUT2D eigenvalue weighted by Crippen LogP contribution is 2.28. The first kappa shape index (κ1) is 16.5. The van der Waals surface area contributed by atoms with E-state index in [-0.39, 0.29) is 0 Å². The van der Waals surface area contributed by atoms with Crippen molar-refractivity contribution in [3.05, 3.63) is 29.3 Å². The molecule has 3 heteroatoms. The zero-order chi connectivity index (χ0) is 15.1. The zero-order valence-corrected chi connectivity index (χ0v) is 13.1. The number of rotatable bonds is 8. The highest BCUT2D eigenvalue weighted by Gasteiger charge is 2.18. The van der Waals surface area contributed by atoms with Crippen molar-refractivity contribution < 1.29 is 9.90 Å². The molecule has 3 nitrogen and oxygen atoms in total. The van der Waals surface area contributed by atoms with E-state index in [1.165, 1.54) is 19.3 Å². The molecule has 0 aliphatic carbocycles. The molecule has 0 spiro atoms. The number of unbranched alkanes of at least 4 members (excludes halogenated alkanes) is 1. The molecule has 0 fully saturated rings. The fourth-order valence-corrected chi connectivity index (χ4v) is 2.64. The van der Waals surface area contributed by atoms with E-state index in [9.17, 15) is 9.90 Å². The van der Waals surface area contributed by atoms with Crippen molar-refractivity contribution >= 4 is 11.7 Å². The molecule has 0 aromatic heterocycles. The Morgan fingerprint density at radius 3 is 2.50 bits per heavy atom. The molecule has 20 heavy (non-hydrogen) atoms. The van der Waals surface area contributed by atoms with Crippen molar-refractivity contribution in [2.75, 3.05) is 19.0 Å². The third-order valence-electron chi connectivity index (χ3n) is 3.90. The molecular formula is C17H27NO2. The maximum atomic E-state index is 11.5. The van der Waals surface area contributed by atoms with Crippen LogP contribution in [0.2, 0.25) is 0 Å². The summed E-state index contributed by atoms with van der Waals surface area (Å²) < 4.78 is 0. The smallest absolute Gasteiger partial charge is 0.336 e. The summed E-state index contributed by atoms with van der Waals surface area (Å²) in [5.74, 6) is -0.261. The highest BCUT2D eigenvalue weighted by atomic mass is 16.4. The van der Waals surface area contributed by atoms with Gasteiger partial charge in [0.05, 0.1) is 5.56 Å². The van der Waals surface area contributed by atoms with E-state index in [2.05, 4.69) is 13.8 Å². The summed E-state index contributed by atoms with van der Waals surface area (Å²) >= 11 is 0. The average molecular weight is 277 g/mol. The van der Waals surface area contributed by atoms with Crippen LogP contribution < -0.4 is 4.90 Å². The highest BCUT2D eigenvalue weighted by molar-refractivity contribution is 5.91. The van der Waals surface area contributed by atoms with Crippen LogP contribution in [0.15, 0.2) is 18.2 Å². The van der Waals surface area contributed by atoms with Gasteiger partial charge in [0.15, 0.2) is 0 Å². The summed E-state index contributed by atoms with van der Waals surface area (Å²) in [6, 6.07) is 5.56. The first-order valence-electron chi connectivity index (χ1n) is 7.53. The van der Waals surface area contributed by atoms with Crippen LogP contribution in [0.1, 0.15) is 55.5 Å². The molecule has 0 radical (unpaired) electrons. The Morgan fingerprint density at radius 2 is 2.00 bits per heavy atom. The quantitative estimate of drug-likeness (QED) is 0.773. The van der Waals surface area contributed by atoms with E-state index in [1.54, 1.807) is 6.07 Å². The molecule has 0 bridgehead atoms. The molecule has 1 unspecified atom stereocenters. The molecule has 112 valence electrons. The standard InChI is InChI=1S/C17H27NO2/c1-5-7-9-13(6-2)12-15-14(17(19)20)10-8-11-16(15)18(3)4/h8,10-11,13H,5-7,9,12H2,1-4H3,(H,19,20). The lowest BCUT2D eigenvalue weighted by molar-refractivity contribution is 0.0695. The summed E-state index contributed by atoms with van der Waals surface area (Å²) in [4.78, 5) is 13.5. The number of hydrogen-bond acceptors (Lipinski definition) is 2. The third kappa shape index (κ3) is 4.26. The molecule has 0 amide bonds. The number of carboxylic acid groups (broad SMARTS) is 1. The van der Waals surface area contributed by atoms with Gasteiger partial charge in [-0.3, -0.25) is 0 Å². The van der Waals surface area contributed by atoms with Crippen LogP contribution in [0.3, 0.4) is 0 Å². The Bertz CT molecular complexity index is 441. The summed E-state index contributed by atoms with van der Waals surface area (Å²) in [5, 5.41) is 9.42. The summed E-state index contributed by atoms with van der Waals surface area (Å²) in [5.41, 5.74) is 2.46. The van der Waals surface area contributed by atoms with Crippen molar-refractivity contribution in [1.82, 2.24) is 0 Å². The average Bonchev–Trinajstić information content (AvgIpc) is 2.42. The second-order valence-corrected chi connectivity index (χ2v) is 5.62. The van der Waals surface area contributed by atoms with E-state index in [4.69, 9.17) is 0 Å². The zero-order valence-electron chi connectivity index (χ0n) is 13.1. The molecule has 1 aromatic carbocycles. The van der Waals surface area contributed by atoms with Crippen LogP contribution in [-0.2, 0) is 6.42 Å². The van der Waals surface area contributed by atoms with Gasteiger partial charge in [0.2, 0.25) is 0 Å². The predicted octanol–water partition coefficient (Wildman–Crippen LogP) is 4.21. The van der Waals surface area contributed by atoms with Crippen molar-refractivity contribution in [3.63, 3.8) is 0 Å². The van der Waals surface area contributed by atoms with Crippen LogP contribution in [0.4, 0.5) is 5.69 Å². The number of carboxylic acids is 1. The van der Waals surface area contributed by atoms with Crippen LogP contribution in [0.25, 0.3) is 0 Å². The Hall–Kier alpha value is -1.51. The maximum Gasteiger partial charge on any atom is 0.336 e. The predicted molar refractivity (Wildman–Crippen MR) is 84.7 cm³/mol. The van der Waals surface area contributed by atoms with E-state index in [0.29, 0.717) is 11.5 Å². The maximum absolute atomic E-state index is 11.5. The van der Waals surface area contributed by atoms with E-state index >= 15 is 0 Å². The molecule has 0 aliphatic heterocycles. The minimum Gasteiger partial charge on any atom is -0.478 e. The van der Waals surface area contributed by atoms with Crippen LogP contribution >= 0.6 is 0 Å². The molecule has 1 N–H and O–H groups in total. The van der Waals surface area contributed by atoms with Gasteiger partial charge < -0.3 is 10.0 Å². The normalized spacial score (nSPS) is 12.2. The Kier molecular flexibility index (Phi) is 6.56. The molecule has 1 aromatic rings. The van der Waals surface area contributed by atoms with E-state index in [0.717, 1.165) is 24.1 Å². The number of anilines is 1. The fourth-order valence-electron chi connectivity index (χ4n) is 2.64. The van der Waals surface area contributed by atoms with Gasteiger partial charge in [-0.25, -0.2) is 4.79 Å². The van der Waals surface area contributed by atoms with Gasteiger partial charge in [-0.1, -0.05) is 45.6 Å². The van der Waals surface area contributed by atoms with Gasteiger partial charge in [-0.05, 0) is 30.0 Å². The number of nitrogens with zero attached hydrogens (tertiary/aromatic N) is 1. The second-order valence-electron chi connectivity index (χ2n) is 5.62. The Labute approximate surface area is 122 Å². The molecule has 0 aliphatic rings. The van der Waals surface area contributed by atoms with Crippen LogP contribution in [0.5, 0.6) is 0 Å². The van der Waals surface area contributed by atoms with Gasteiger partial charge >= 0.3 is 5.97 Å². The van der Waals surface area contributed by atoms with E-state index < -0.39 is 5.97 Å². The van der Waals surface area contributed by atoms with E-state index in [1.807, 2.05) is 31.1 Å². The lowest BCUT2D eigenvalue weighted by Gasteiger charge is -2.22. The molecule has 0 saturated carbocycles. The first-order chi connectivity index (χ1) is 9.51. The van der Waals surface area contributed by atoms with Crippen molar-refractivity contribution in [2.24, 2.45) is 5.92 Å². The number of carbonyl (C=O) groups is 1. The molecule has 0 saturated heterocycles. The first-order valence-corrected chi connectivity index (χ1v) is 7.53. The lowest BCUT2D eigenvalue weighted by atomic mass is 9.89. The number of hydrogen-bond donors (Lipinski definition) is 1. The molecule has 1 atom stereocenters. The van der Waals surface area contributed by atoms with Crippen LogP contribution in [0, 0.1) is 5.92 Å². The summed E-state index contributed by atoms with van der Waals surface area (Å²) in [6.45, 7) is 4.39. The topological polar surface area (TPSA) is 40.5 Å². The van der Waals surface area contributed by atoms with Gasteiger partial charge in [0.1, 0.15) is 0 Å². The van der Waals surface area contributed by atoms with Crippen molar-refractivity contribution in [1.29, 1.82) is 0 Å². The fraction of sp³-hybridized carbons (Fsp3) is 0.588. The SMILES string of the molecule is CCCCC(CC)Cc1c(C(=O)O)cccc1N(C)C. The summed E-state index contributed by atoms with van der Waals surface area (Å²) in [6.07, 6.45) is 5.53.